The van der Waals surface area contributed by atoms with E-state index in [9.17, 15) is 8.42 Å². The van der Waals surface area contributed by atoms with E-state index in [1.165, 1.54) is 0 Å². The second kappa shape index (κ2) is 7.03. The molecule has 0 aliphatic heterocycles. The topological polar surface area (TPSA) is 72.6 Å². The minimum atomic E-state index is -3.65. The highest BCUT2D eigenvalue weighted by molar-refractivity contribution is 7.89. The molecular weight excluding hydrogens is 324 g/mol. The molecule has 0 saturated heterocycles. The van der Waals surface area contributed by atoms with Crippen LogP contribution in [0.1, 0.15) is 24.0 Å². The monoisotopic (exact) mass is 346 g/mol. The molecule has 128 valence electrons. The smallest absolute Gasteiger partial charge is 0.255 e. The van der Waals surface area contributed by atoms with E-state index in [4.69, 9.17) is 10.6 Å². The molecule has 1 fully saturated rings. The van der Waals surface area contributed by atoms with Gasteiger partial charge >= 0.3 is 0 Å². The van der Waals surface area contributed by atoms with Gasteiger partial charge in [0.1, 0.15) is 0 Å². The number of hydrogen-bond donors (Lipinski definition) is 1. The summed E-state index contributed by atoms with van der Waals surface area (Å²) in [5.41, 5.74) is 2.12. The predicted molar refractivity (Wildman–Crippen MR) is 92.4 cm³/mol. The van der Waals surface area contributed by atoms with Crippen LogP contribution in [-0.2, 0) is 21.4 Å². The lowest BCUT2D eigenvalue weighted by Gasteiger charge is -2.39. The number of hydrazine groups is 1. The van der Waals surface area contributed by atoms with Crippen LogP contribution in [0.15, 0.2) is 59.5 Å². The number of benzene rings is 2. The fraction of sp³-hybridized carbons (Fsp3) is 0.333. The van der Waals surface area contributed by atoms with Crippen molar-refractivity contribution in [3.8, 4) is 0 Å². The van der Waals surface area contributed by atoms with Gasteiger partial charge in [0.2, 0.25) is 0 Å². The lowest BCUT2D eigenvalue weighted by molar-refractivity contribution is -0.0425. The molecule has 0 atom stereocenters. The number of nitrogens with two attached hydrogens (primary N) is 1. The first-order valence-corrected chi connectivity index (χ1v) is 9.42. The molecule has 24 heavy (non-hydrogen) atoms. The second-order valence-electron chi connectivity index (χ2n) is 6.19. The van der Waals surface area contributed by atoms with Crippen LogP contribution in [0.4, 0.5) is 0 Å². The van der Waals surface area contributed by atoms with Crippen molar-refractivity contribution >= 4 is 10.0 Å². The normalized spacial score (nSPS) is 20.8. The van der Waals surface area contributed by atoms with E-state index in [0.717, 1.165) is 15.5 Å². The number of aryl methyl sites for hydroxylation is 1. The van der Waals surface area contributed by atoms with Crippen LogP contribution in [0.2, 0.25) is 0 Å². The van der Waals surface area contributed by atoms with E-state index in [1.807, 2.05) is 37.3 Å². The minimum Gasteiger partial charge on any atom is -0.373 e. The van der Waals surface area contributed by atoms with Gasteiger partial charge in [0.15, 0.2) is 0 Å². The van der Waals surface area contributed by atoms with Crippen LogP contribution in [0.5, 0.6) is 0 Å². The van der Waals surface area contributed by atoms with Crippen LogP contribution in [-0.4, -0.2) is 25.0 Å². The molecule has 0 amide bonds. The average Bonchev–Trinajstić information content (AvgIpc) is 2.54. The Morgan fingerprint density at radius 1 is 1.08 bits per heavy atom. The first-order valence-electron chi connectivity index (χ1n) is 7.98. The number of ether oxygens (including phenoxy) is 1. The van der Waals surface area contributed by atoms with Crippen LogP contribution >= 0.6 is 0 Å². The van der Waals surface area contributed by atoms with Gasteiger partial charge in [-0.1, -0.05) is 48.0 Å². The molecule has 1 saturated carbocycles. The number of sulfonamides is 1. The quantitative estimate of drug-likeness (QED) is 0.645. The largest absolute Gasteiger partial charge is 0.373 e. The lowest BCUT2D eigenvalue weighted by atomic mass is 9.90. The van der Waals surface area contributed by atoms with E-state index >= 15 is 0 Å². The molecule has 1 aliphatic carbocycles. The Balaban J connectivity index is 1.54. The van der Waals surface area contributed by atoms with Crippen LogP contribution in [0, 0.1) is 6.92 Å². The van der Waals surface area contributed by atoms with Gasteiger partial charge in [-0.2, -0.15) is 0 Å². The lowest BCUT2D eigenvalue weighted by Crippen LogP contribution is -2.53. The summed E-state index contributed by atoms with van der Waals surface area (Å²) in [5.74, 6) is 5.89. The summed E-state index contributed by atoms with van der Waals surface area (Å²) in [6, 6.07) is 16.4. The summed E-state index contributed by atoms with van der Waals surface area (Å²) in [4.78, 5) is 0.226. The van der Waals surface area contributed by atoms with Crippen molar-refractivity contribution in [3.63, 3.8) is 0 Å². The summed E-state index contributed by atoms with van der Waals surface area (Å²) in [7, 11) is -3.65. The molecule has 0 aromatic heterocycles. The van der Waals surface area contributed by atoms with E-state index in [2.05, 4.69) is 0 Å². The molecule has 0 spiro atoms. The highest BCUT2D eigenvalue weighted by atomic mass is 32.2. The first-order chi connectivity index (χ1) is 11.5. The summed E-state index contributed by atoms with van der Waals surface area (Å²) in [6.07, 6.45) is 1.29. The van der Waals surface area contributed by atoms with Crippen LogP contribution in [0.25, 0.3) is 0 Å². The zero-order chi connectivity index (χ0) is 17.2. The third-order valence-electron chi connectivity index (χ3n) is 4.35. The Morgan fingerprint density at radius 3 is 2.33 bits per heavy atom. The van der Waals surface area contributed by atoms with Gasteiger partial charge in [-0.15, -0.1) is 4.41 Å². The molecule has 5 nitrogen and oxygen atoms in total. The van der Waals surface area contributed by atoms with Gasteiger partial charge in [-0.05, 0) is 37.5 Å². The van der Waals surface area contributed by atoms with Crippen LogP contribution in [0.3, 0.4) is 0 Å². The molecule has 0 radical (unpaired) electrons. The van der Waals surface area contributed by atoms with Crippen molar-refractivity contribution in [3.05, 3.63) is 65.7 Å². The predicted octanol–water partition coefficient (Wildman–Crippen LogP) is 2.61. The van der Waals surface area contributed by atoms with E-state index < -0.39 is 10.0 Å². The third kappa shape index (κ3) is 3.67. The van der Waals surface area contributed by atoms with E-state index in [0.29, 0.717) is 19.4 Å². The molecule has 2 aromatic rings. The van der Waals surface area contributed by atoms with Crippen molar-refractivity contribution in [1.29, 1.82) is 0 Å². The first kappa shape index (κ1) is 17.1. The van der Waals surface area contributed by atoms with Crippen molar-refractivity contribution < 1.29 is 13.2 Å². The molecule has 2 aromatic carbocycles. The fourth-order valence-corrected chi connectivity index (χ4v) is 3.99. The molecular formula is C18H22N2O3S. The maximum absolute atomic E-state index is 12.5. The van der Waals surface area contributed by atoms with Gasteiger partial charge in [0.05, 0.1) is 17.6 Å². The Bertz CT molecular complexity index is 770. The van der Waals surface area contributed by atoms with Gasteiger partial charge in [0.25, 0.3) is 10.0 Å². The highest BCUT2D eigenvalue weighted by Crippen LogP contribution is 2.30. The maximum atomic E-state index is 12.5. The number of nitrogens with zero attached hydrogens (tertiary/aromatic N) is 1. The van der Waals surface area contributed by atoms with Crippen molar-refractivity contribution in [2.75, 3.05) is 0 Å². The van der Waals surface area contributed by atoms with E-state index in [-0.39, 0.29) is 17.0 Å². The van der Waals surface area contributed by atoms with Gasteiger partial charge < -0.3 is 4.74 Å². The summed E-state index contributed by atoms with van der Waals surface area (Å²) < 4.78 is 31.8. The Hall–Kier alpha value is -1.73. The molecule has 2 N–H and O–H groups in total. The number of hydrogen-bond acceptors (Lipinski definition) is 4. The summed E-state index contributed by atoms with van der Waals surface area (Å²) >= 11 is 0. The molecule has 0 heterocycles. The number of rotatable bonds is 6. The summed E-state index contributed by atoms with van der Waals surface area (Å²) in [5, 5.41) is 0. The zero-order valence-corrected chi connectivity index (χ0v) is 14.4. The summed E-state index contributed by atoms with van der Waals surface area (Å²) in [6.45, 7) is 2.45. The fourth-order valence-electron chi connectivity index (χ4n) is 2.70. The Kier molecular flexibility index (Phi) is 5.01. The maximum Gasteiger partial charge on any atom is 0.255 e. The minimum absolute atomic E-state index is 0.0504. The Morgan fingerprint density at radius 2 is 1.71 bits per heavy atom. The second-order valence-corrected chi connectivity index (χ2v) is 8.04. The highest BCUT2D eigenvalue weighted by Gasteiger charge is 2.39. The molecule has 0 bridgehead atoms. The van der Waals surface area contributed by atoms with Crippen LogP contribution < -0.4 is 5.84 Å². The van der Waals surface area contributed by atoms with E-state index in [1.54, 1.807) is 24.3 Å². The average molecular weight is 346 g/mol. The molecule has 1 aliphatic rings. The zero-order valence-electron chi connectivity index (χ0n) is 13.6. The Labute approximate surface area is 143 Å². The van der Waals surface area contributed by atoms with Gasteiger partial charge in [-0.25, -0.2) is 8.42 Å². The SMILES string of the molecule is Cc1ccc(S(=O)(=O)N(N)C2CC(OCc3ccccc3)C2)cc1. The molecule has 3 rings (SSSR count). The van der Waals surface area contributed by atoms with Crippen molar-refractivity contribution in [2.45, 2.75) is 43.4 Å². The molecule has 0 unspecified atom stereocenters. The third-order valence-corrected chi connectivity index (χ3v) is 6.08. The van der Waals surface area contributed by atoms with Crippen molar-refractivity contribution in [1.82, 2.24) is 4.41 Å². The standard InChI is InChI=1S/C18H22N2O3S/c1-14-7-9-18(10-8-14)24(21,22)20(19)16-11-17(12-16)23-13-15-5-3-2-4-6-15/h2-10,16-17H,11-13,19H2,1H3. The van der Waals surface area contributed by atoms with Gasteiger partial charge in [-0.3, -0.25) is 5.84 Å². The van der Waals surface area contributed by atoms with Gasteiger partial charge in [0, 0.05) is 6.04 Å². The van der Waals surface area contributed by atoms with Crippen molar-refractivity contribution in [2.24, 2.45) is 5.84 Å². The molecule has 6 heteroatoms.